The average Bonchev–Trinajstić information content (AvgIpc) is 2.54. The van der Waals surface area contributed by atoms with Crippen LogP contribution >= 0.6 is 0 Å². The van der Waals surface area contributed by atoms with E-state index >= 15 is 0 Å². The van der Waals surface area contributed by atoms with Crippen LogP contribution in [0.4, 0.5) is 0 Å². The van der Waals surface area contributed by atoms with E-state index in [4.69, 9.17) is 0 Å². The van der Waals surface area contributed by atoms with Crippen LogP contribution in [0.1, 0.15) is 64.0 Å². The third-order valence-electron chi connectivity index (χ3n) is 4.88. The molecule has 0 heterocycles. The maximum Gasteiger partial charge on any atom is 0.00818 e. The van der Waals surface area contributed by atoms with Gasteiger partial charge < -0.3 is 5.32 Å². The van der Waals surface area contributed by atoms with Crippen LogP contribution < -0.4 is 5.32 Å². The molecule has 0 radical (unpaired) electrons. The lowest BCUT2D eigenvalue weighted by molar-refractivity contribution is 0.307. The average molecular weight is 273 g/mol. The van der Waals surface area contributed by atoms with E-state index < -0.39 is 0 Å². The van der Waals surface area contributed by atoms with Gasteiger partial charge in [0.25, 0.3) is 0 Å². The summed E-state index contributed by atoms with van der Waals surface area (Å²) in [5.74, 6) is 0. The van der Waals surface area contributed by atoms with Crippen molar-refractivity contribution in [3.8, 4) is 0 Å². The summed E-state index contributed by atoms with van der Waals surface area (Å²) in [6.07, 6.45) is 7.96. The van der Waals surface area contributed by atoms with E-state index in [9.17, 15) is 0 Å². The molecule has 0 bridgehead atoms. The van der Waals surface area contributed by atoms with Gasteiger partial charge in [-0.3, -0.25) is 0 Å². The number of benzene rings is 1. The van der Waals surface area contributed by atoms with Gasteiger partial charge in [-0.2, -0.15) is 0 Å². The molecule has 0 saturated heterocycles. The number of aryl methyl sites for hydroxylation is 1. The summed E-state index contributed by atoms with van der Waals surface area (Å²) < 4.78 is 0. The highest BCUT2D eigenvalue weighted by Gasteiger charge is 2.24. The lowest BCUT2D eigenvalue weighted by Gasteiger charge is -2.24. The predicted molar refractivity (Wildman–Crippen MR) is 88.1 cm³/mol. The standard InChI is InChI=1S/C19H31N/c1-15-8-5-6-9-17(15)14-16(2)20-18-10-7-12-19(3,4)13-11-18/h5-6,8-9,16,18,20H,7,10-14H2,1-4H3. The van der Waals surface area contributed by atoms with Gasteiger partial charge in [0.2, 0.25) is 0 Å². The van der Waals surface area contributed by atoms with Crippen molar-refractivity contribution >= 4 is 0 Å². The van der Waals surface area contributed by atoms with Gasteiger partial charge in [0.05, 0.1) is 0 Å². The zero-order chi connectivity index (χ0) is 14.6. The first-order valence-electron chi connectivity index (χ1n) is 8.27. The van der Waals surface area contributed by atoms with Crippen LogP contribution in [0.2, 0.25) is 0 Å². The Labute approximate surface area is 125 Å². The molecule has 1 aliphatic carbocycles. The van der Waals surface area contributed by atoms with Crippen molar-refractivity contribution in [1.82, 2.24) is 5.32 Å². The summed E-state index contributed by atoms with van der Waals surface area (Å²) in [5, 5.41) is 3.87. The van der Waals surface area contributed by atoms with Gasteiger partial charge in [-0.05, 0) is 62.5 Å². The molecule has 0 spiro atoms. The van der Waals surface area contributed by atoms with E-state index in [1.165, 1.54) is 43.2 Å². The van der Waals surface area contributed by atoms with Crippen molar-refractivity contribution < 1.29 is 0 Å². The predicted octanol–water partition coefficient (Wildman–Crippen LogP) is 4.87. The van der Waals surface area contributed by atoms with Crippen LogP contribution in [0.5, 0.6) is 0 Å². The molecule has 0 aliphatic heterocycles. The van der Waals surface area contributed by atoms with E-state index in [2.05, 4.69) is 57.3 Å². The molecular formula is C19H31N. The first-order valence-corrected chi connectivity index (χ1v) is 8.27. The van der Waals surface area contributed by atoms with E-state index in [-0.39, 0.29) is 0 Å². The minimum Gasteiger partial charge on any atom is -0.311 e. The smallest absolute Gasteiger partial charge is 0.00818 e. The van der Waals surface area contributed by atoms with Gasteiger partial charge >= 0.3 is 0 Å². The zero-order valence-corrected chi connectivity index (χ0v) is 13.7. The van der Waals surface area contributed by atoms with Crippen molar-refractivity contribution in [2.24, 2.45) is 5.41 Å². The Bertz CT molecular complexity index is 422. The molecule has 1 fully saturated rings. The van der Waals surface area contributed by atoms with Crippen LogP contribution in [0.3, 0.4) is 0 Å². The highest BCUT2D eigenvalue weighted by Crippen LogP contribution is 2.33. The van der Waals surface area contributed by atoms with E-state index in [0.29, 0.717) is 11.5 Å². The fourth-order valence-corrected chi connectivity index (χ4v) is 3.46. The molecule has 1 nitrogen and oxygen atoms in total. The van der Waals surface area contributed by atoms with Gasteiger partial charge in [-0.25, -0.2) is 0 Å². The van der Waals surface area contributed by atoms with Crippen molar-refractivity contribution in [3.63, 3.8) is 0 Å². The normalized spacial score (nSPS) is 24.1. The Morgan fingerprint density at radius 3 is 2.70 bits per heavy atom. The molecule has 1 heteroatoms. The molecule has 1 aliphatic rings. The van der Waals surface area contributed by atoms with E-state index in [1.807, 2.05) is 0 Å². The second-order valence-electron chi connectivity index (χ2n) is 7.49. The molecule has 1 aromatic carbocycles. The summed E-state index contributed by atoms with van der Waals surface area (Å²) in [4.78, 5) is 0. The highest BCUT2D eigenvalue weighted by molar-refractivity contribution is 5.26. The maximum atomic E-state index is 3.87. The molecule has 1 saturated carbocycles. The van der Waals surface area contributed by atoms with Crippen molar-refractivity contribution in [2.75, 3.05) is 0 Å². The second-order valence-corrected chi connectivity index (χ2v) is 7.49. The lowest BCUT2D eigenvalue weighted by atomic mass is 9.85. The Morgan fingerprint density at radius 1 is 1.20 bits per heavy atom. The van der Waals surface area contributed by atoms with Crippen LogP contribution in [-0.2, 0) is 6.42 Å². The van der Waals surface area contributed by atoms with Gasteiger partial charge in [-0.1, -0.05) is 44.5 Å². The quantitative estimate of drug-likeness (QED) is 0.771. The molecule has 1 N–H and O–H groups in total. The Balaban J connectivity index is 1.85. The van der Waals surface area contributed by atoms with Gasteiger partial charge in [0.15, 0.2) is 0 Å². The van der Waals surface area contributed by atoms with E-state index in [1.54, 1.807) is 0 Å². The summed E-state index contributed by atoms with van der Waals surface area (Å²) in [6.45, 7) is 9.40. The molecule has 1 aromatic rings. The summed E-state index contributed by atoms with van der Waals surface area (Å²) in [6, 6.07) is 10.1. The number of rotatable bonds is 4. The minimum absolute atomic E-state index is 0.551. The van der Waals surface area contributed by atoms with Crippen LogP contribution in [0.15, 0.2) is 24.3 Å². The van der Waals surface area contributed by atoms with E-state index in [0.717, 1.165) is 12.5 Å². The molecule has 0 aromatic heterocycles. The largest absolute Gasteiger partial charge is 0.311 e. The van der Waals surface area contributed by atoms with Crippen molar-refractivity contribution in [2.45, 2.75) is 78.3 Å². The van der Waals surface area contributed by atoms with Crippen molar-refractivity contribution in [3.05, 3.63) is 35.4 Å². The highest BCUT2D eigenvalue weighted by atomic mass is 14.9. The molecule has 2 unspecified atom stereocenters. The third kappa shape index (κ3) is 4.63. The SMILES string of the molecule is Cc1ccccc1CC(C)NC1CCCC(C)(C)CC1. The number of hydrogen-bond acceptors (Lipinski definition) is 1. The van der Waals surface area contributed by atoms with Crippen molar-refractivity contribution in [1.29, 1.82) is 0 Å². The summed E-state index contributed by atoms with van der Waals surface area (Å²) >= 11 is 0. The zero-order valence-electron chi connectivity index (χ0n) is 13.7. The third-order valence-corrected chi connectivity index (χ3v) is 4.88. The van der Waals surface area contributed by atoms with Crippen LogP contribution in [-0.4, -0.2) is 12.1 Å². The Hall–Kier alpha value is -0.820. The minimum atomic E-state index is 0.551. The molecular weight excluding hydrogens is 242 g/mol. The first kappa shape index (κ1) is 15.6. The molecule has 2 rings (SSSR count). The fourth-order valence-electron chi connectivity index (χ4n) is 3.46. The fraction of sp³-hybridized carbons (Fsp3) is 0.684. The van der Waals surface area contributed by atoms with Gasteiger partial charge in [0.1, 0.15) is 0 Å². The topological polar surface area (TPSA) is 12.0 Å². The summed E-state index contributed by atoms with van der Waals surface area (Å²) in [7, 11) is 0. The molecule has 112 valence electrons. The first-order chi connectivity index (χ1) is 9.46. The number of nitrogens with one attached hydrogen (secondary N) is 1. The Morgan fingerprint density at radius 2 is 1.95 bits per heavy atom. The maximum absolute atomic E-state index is 3.87. The Kier molecular flexibility index (Phi) is 5.26. The number of hydrogen-bond donors (Lipinski definition) is 1. The van der Waals surface area contributed by atoms with Crippen LogP contribution in [0, 0.1) is 12.3 Å². The second kappa shape index (κ2) is 6.76. The monoisotopic (exact) mass is 273 g/mol. The summed E-state index contributed by atoms with van der Waals surface area (Å²) in [5.41, 5.74) is 3.46. The van der Waals surface area contributed by atoms with Gasteiger partial charge in [-0.15, -0.1) is 0 Å². The molecule has 20 heavy (non-hydrogen) atoms. The molecule has 0 amide bonds. The van der Waals surface area contributed by atoms with Gasteiger partial charge in [0, 0.05) is 12.1 Å². The lowest BCUT2D eigenvalue weighted by Crippen LogP contribution is -2.37. The molecule has 2 atom stereocenters. The van der Waals surface area contributed by atoms with Crippen LogP contribution in [0.25, 0.3) is 0 Å².